The van der Waals surface area contributed by atoms with Crippen molar-refractivity contribution < 1.29 is 28.6 Å². The van der Waals surface area contributed by atoms with Crippen LogP contribution in [0.1, 0.15) is 24.0 Å². The summed E-state index contributed by atoms with van der Waals surface area (Å²) < 4.78 is 15.0. The number of aryl methyl sites for hydroxylation is 2. The lowest BCUT2D eigenvalue weighted by atomic mass is 10.1. The molecule has 1 aromatic carbocycles. The minimum absolute atomic E-state index is 0.0989. The maximum atomic E-state index is 11.8. The van der Waals surface area contributed by atoms with Crippen LogP contribution >= 0.6 is 23.8 Å². The number of esters is 1. The first-order chi connectivity index (χ1) is 13.7. The van der Waals surface area contributed by atoms with Crippen molar-refractivity contribution in [3.63, 3.8) is 0 Å². The lowest BCUT2D eigenvalue weighted by molar-refractivity contribution is -0.146. The molecule has 3 N–H and O–H groups in total. The third-order valence-electron chi connectivity index (χ3n) is 3.45. The SMILES string of the molecule is COCCOC(=O)CCC(=O)NC(=S)NNC(=O)COc1cc(C)c(Cl)c(C)c1. The molecular weight excluding hydrogens is 422 g/mol. The maximum Gasteiger partial charge on any atom is 0.306 e. The predicted molar refractivity (Wildman–Crippen MR) is 111 cm³/mol. The van der Waals surface area contributed by atoms with Crippen LogP contribution in [0.4, 0.5) is 0 Å². The molecule has 9 nitrogen and oxygen atoms in total. The summed E-state index contributed by atoms with van der Waals surface area (Å²) in [5.41, 5.74) is 6.35. The van der Waals surface area contributed by atoms with Gasteiger partial charge in [0.05, 0.1) is 13.0 Å². The summed E-state index contributed by atoms with van der Waals surface area (Å²) in [5.74, 6) is -1.01. The number of thiocarbonyl (C=S) groups is 1. The summed E-state index contributed by atoms with van der Waals surface area (Å²) in [7, 11) is 1.49. The quantitative estimate of drug-likeness (QED) is 0.226. The number of ether oxygens (including phenoxy) is 3. The molecule has 0 unspecified atom stereocenters. The molecule has 0 saturated carbocycles. The van der Waals surface area contributed by atoms with Crippen LogP contribution in [-0.4, -0.2) is 49.8 Å². The molecule has 1 rings (SSSR count). The van der Waals surface area contributed by atoms with E-state index in [1.54, 1.807) is 12.1 Å². The highest BCUT2D eigenvalue weighted by Gasteiger charge is 2.11. The average molecular weight is 446 g/mol. The number of hydrazine groups is 1. The first-order valence-corrected chi connectivity index (χ1v) is 9.44. The molecule has 29 heavy (non-hydrogen) atoms. The molecular formula is C18H24ClN3O6S. The summed E-state index contributed by atoms with van der Waals surface area (Å²) in [6.45, 7) is 3.82. The molecule has 0 radical (unpaired) electrons. The molecule has 0 aliphatic heterocycles. The number of rotatable bonds is 9. The summed E-state index contributed by atoms with van der Waals surface area (Å²) in [5, 5.41) is 2.86. The summed E-state index contributed by atoms with van der Waals surface area (Å²) in [6, 6.07) is 3.45. The minimum Gasteiger partial charge on any atom is -0.484 e. The van der Waals surface area contributed by atoms with Crippen molar-refractivity contribution >= 4 is 46.7 Å². The maximum absolute atomic E-state index is 11.8. The highest BCUT2D eigenvalue weighted by atomic mass is 35.5. The number of amides is 2. The van der Waals surface area contributed by atoms with Gasteiger partial charge in [-0.2, -0.15) is 0 Å². The van der Waals surface area contributed by atoms with Gasteiger partial charge in [0, 0.05) is 18.6 Å². The van der Waals surface area contributed by atoms with E-state index in [9.17, 15) is 14.4 Å². The smallest absolute Gasteiger partial charge is 0.306 e. The molecule has 0 aromatic heterocycles. The van der Waals surface area contributed by atoms with Crippen molar-refractivity contribution in [2.24, 2.45) is 0 Å². The monoisotopic (exact) mass is 445 g/mol. The molecule has 160 valence electrons. The van der Waals surface area contributed by atoms with Crippen molar-refractivity contribution in [1.82, 2.24) is 16.2 Å². The van der Waals surface area contributed by atoms with Gasteiger partial charge in [-0.15, -0.1) is 0 Å². The summed E-state index contributed by atoms with van der Waals surface area (Å²) in [4.78, 5) is 34.9. The molecule has 0 fully saturated rings. The Morgan fingerprint density at radius 2 is 1.69 bits per heavy atom. The zero-order chi connectivity index (χ0) is 21.8. The third kappa shape index (κ3) is 10.1. The second-order valence-electron chi connectivity index (χ2n) is 5.92. The predicted octanol–water partition coefficient (Wildman–Crippen LogP) is 1.33. The molecule has 0 aliphatic carbocycles. The van der Waals surface area contributed by atoms with Gasteiger partial charge in [0.1, 0.15) is 12.4 Å². The Labute approximate surface area is 179 Å². The van der Waals surface area contributed by atoms with Crippen molar-refractivity contribution in [2.75, 3.05) is 26.9 Å². The Balaban J connectivity index is 2.25. The van der Waals surface area contributed by atoms with E-state index in [1.165, 1.54) is 7.11 Å². The van der Waals surface area contributed by atoms with Crippen molar-refractivity contribution in [1.29, 1.82) is 0 Å². The van der Waals surface area contributed by atoms with E-state index >= 15 is 0 Å². The second-order valence-corrected chi connectivity index (χ2v) is 6.71. The number of carbonyl (C=O) groups excluding carboxylic acids is 3. The largest absolute Gasteiger partial charge is 0.484 e. The molecule has 0 bridgehead atoms. The van der Waals surface area contributed by atoms with E-state index in [-0.39, 0.29) is 37.8 Å². The van der Waals surface area contributed by atoms with Crippen LogP contribution < -0.4 is 20.9 Å². The van der Waals surface area contributed by atoms with E-state index < -0.39 is 17.8 Å². The van der Waals surface area contributed by atoms with E-state index in [1.807, 2.05) is 13.8 Å². The molecule has 0 saturated heterocycles. The van der Waals surface area contributed by atoms with E-state index in [0.717, 1.165) is 11.1 Å². The molecule has 2 amide bonds. The van der Waals surface area contributed by atoms with Gasteiger partial charge in [-0.3, -0.25) is 25.2 Å². The second kappa shape index (κ2) is 12.9. The number of hydrogen-bond donors (Lipinski definition) is 3. The van der Waals surface area contributed by atoms with Gasteiger partial charge >= 0.3 is 5.97 Å². The highest BCUT2D eigenvalue weighted by molar-refractivity contribution is 7.80. The van der Waals surface area contributed by atoms with Gasteiger partial charge in [0.2, 0.25) is 5.91 Å². The molecule has 11 heteroatoms. The van der Waals surface area contributed by atoms with E-state index in [2.05, 4.69) is 16.2 Å². The highest BCUT2D eigenvalue weighted by Crippen LogP contribution is 2.25. The number of benzene rings is 1. The van der Waals surface area contributed by atoms with Crippen molar-refractivity contribution in [3.8, 4) is 5.75 Å². The minimum atomic E-state index is -0.519. The van der Waals surface area contributed by atoms with Crippen LogP contribution in [0.25, 0.3) is 0 Å². The van der Waals surface area contributed by atoms with Gasteiger partial charge in [0.15, 0.2) is 11.7 Å². The topological polar surface area (TPSA) is 115 Å². The third-order valence-corrected chi connectivity index (χ3v) is 4.26. The Bertz CT molecular complexity index is 736. The van der Waals surface area contributed by atoms with Crippen LogP contribution in [-0.2, 0) is 23.9 Å². The van der Waals surface area contributed by atoms with Crippen LogP contribution in [0.15, 0.2) is 12.1 Å². The van der Waals surface area contributed by atoms with Gasteiger partial charge in [0.25, 0.3) is 5.91 Å². The molecule has 0 heterocycles. The fraction of sp³-hybridized carbons (Fsp3) is 0.444. The van der Waals surface area contributed by atoms with Gasteiger partial charge < -0.3 is 19.5 Å². The Morgan fingerprint density at radius 1 is 1.03 bits per heavy atom. The Kier molecular flexibility index (Phi) is 11.0. The fourth-order valence-electron chi connectivity index (χ4n) is 2.05. The first kappa shape index (κ1) is 24.6. The Morgan fingerprint density at radius 3 is 2.31 bits per heavy atom. The fourth-order valence-corrected chi connectivity index (χ4v) is 2.32. The number of carbonyl (C=O) groups is 3. The summed E-state index contributed by atoms with van der Waals surface area (Å²) >= 11 is 11.0. The van der Waals surface area contributed by atoms with Crippen LogP contribution in [0.2, 0.25) is 5.02 Å². The number of nitrogens with one attached hydrogen (secondary N) is 3. The zero-order valence-corrected chi connectivity index (χ0v) is 18.0. The Hall–Kier alpha value is -2.43. The molecule has 0 spiro atoms. The number of hydrogen-bond acceptors (Lipinski definition) is 7. The normalized spacial score (nSPS) is 10.1. The van der Waals surface area contributed by atoms with Crippen LogP contribution in [0.5, 0.6) is 5.75 Å². The van der Waals surface area contributed by atoms with Gasteiger partial charge in [-0.05, 0) is 49.3 Å². The van der Waals surface area contributed by atoms with Crippen LogP contribution in [0, 0.1) is 13.8 Å². The standard InChI is InChI=1S/C18H24ClN3O6S/c1-11-8-13(9-12(2)17(11)19)28-10-15(24)21-22-18(29)20-14(23)4-5-16(25)27-7-6-26-3/h8-9H,4-7,10H2,1-3H3,(H,21,24)(H2,20,22,23,29). The number of halogens is 1. The summed E-state index contributed by atoms with van der Waals surface area (Å²) in [6.07, 6.45) is -0.210. The van der Waals surface area contributed by atoms with Gasteiger partial charge in [-0.25, -0.2) is 0 Å². The average Bonchev–Trinajstić information content (AvgIpc) is 2.67. The molecule has 0 atom stereocenters. The lowest BCUT2D eigenvalue weighted by Gasteiger charge is -2.12. The van der Waals surface area contributed by atoms with E-state index in [4.69, 9.17) is 38.0 Å². The van der Waals surface area contributed by atoms with Crippen LogP contribution in [0.3, 0.4) is 0 Å². The molecule has 0 aliphatic rings. The zero-order valence-electron chi connectivity index (χ0n) is 16.4. The lowest BCUT2D eigenvalue weighted by Crippen LogP contribution is -2.49. The molecule has 1 aromatic rings. The van der Waals surface area contributed by atoms with Crippen molar-refractivity contribution in [3.05, 3.63) is 28.3 Å². The van der Waals surface area contributed by atoms with Gasteiger partial charge in [-0.1, -0.05) is 11.6 Å². The first-order valence-electron chi connectivity index (χ1n) is 8.65. The van der Waals surface area contributed by atoms with E-state index in [0.29, 0.717) is 10.8 Å². The van der Waals surface area contributed by atoms with Crippen molar-refractivity contribution in [2.45, 2.75) is 26.7 Å². The number of methoxy groups -OCH3 is 1.